The van der Waals surface area contributed by atoms with Crippen molar-refractivity contribution in [2.45, 2.75) is 12.5 Å². The Hall–Kier alpha value is -0.510. The number of rotatable bonds is 2. The van der Waals surface area contributed by atoms with Crippen LogP contribution in [-0.2, 0) is 0 Å². The van der Waals surface area contributed by atoms with E-state index in [1.54, 1.807) is 0 Å². The van der Waals surface area contributed by atoms with Gasteiger partial charge in [-0.15, -0.1) is 0 Å². The fourth-order valence-electron chi connectivity index (χ4n) is 1.66. The van der Waals surface area contributed by atoms with Crippen LogP contribution in [0.2, 0.25) is 10.0 Å². The minimum absolute atomic E-state index is 0.311. The molecule has 0 aliphatic carbocycles. The van der Waals surface area contributed by atoms with E-state index < -0.39 is 5.82 Å². The lowest BCUT2D eigenvalue weighted by molar-refractivity contribution is 0.628. The molecular weight excluding hydrogens is 238 g/mol. The standard InChI is InChI=1S/C10H11Cl2FN2/c11-8-3-6(13)4-9(12)10(8)15-7-1-2-14-5-7/h3-4,7,14-15H,1-2,5H2. The number of nitrogens with one attached hydrogen (secondary N) is 2. The molecule has 0 saturated carbocycles. The second-order valence-corrected chi connectivity index (χ2v) is 4.39. The smallest absolute Gasteiger partial charge is 0.126 e. The average molecular weight is 249 g/mol. The first-order chi connectivity index (χ1) is 7.16. The van der Waals surface area contributed by atoms with Crippen LogP contribution in [0.15, 0.2) is 12.1 Å². The molecule has 1 fully saturated rings. The minimum atomic E-state index is -0.417. The van der Waals surface area contributed by atoms with Crippen molar-refractivity contribution < 1.29 is 4.39 Å². The number of benzene rings is 1. The summed E-state index contributed by atoms with van der Waals surface area (Å²) < 4.78 is 12.9. The van der Waals surface area contributed by atoms with Crippen LogP contribution >= 0.6 is 23.2 Å². The fraction of sp³-hybridized carbons (Fsp3) is 0.400. The molecule has 0 radical (unpaired) electrons. The maximum atomic E-state index is 12.9. The first-order valence-electron chi connectivity index (χ1n) is 4.78. The van der Waals surface area contributed by atoms with E-state index in [1.807, 2.05) is 0 Å². The molecule has 0 bridgehead atoms. The van der Waals surface area contributed by atoms with Crippen molar-refractivity contribution in [3.05, 3.63) is 28.0 Å². The Morgan fingerprint density at radius 1 is 1.33 bits per heavy atom. The van der Waals surface area contributed by atoms with Crippen LogP contribution in [0.5, 0.6) is 0 Å². The Labute approximate surface area is 97.8 Å². The number of hydrogen-bond acceptors (Lipinski definition) is 2. The van der Waals surface area contributed by atoms with Crippen molar-refractivity contribution in [3.63, 3.8) is 0 Å². The number of halogens is 3. The molecule has 0 spiro atoms. The molecule has 1 saturated heterocycles. The van der Waals surface area contributed by atoms with Crippen LogP contribution in [0.1, 0.15) is 6.42 Å². The summed E-state index contributed by atoms with van der Waals surface area (Å²) in [4.78, 5) is 0. The van der Waals surface area contributed by atoms with E-state index in [0.717, 1.165) is 19.5 Å². The Bertz CT molecular complexity index is 341. The highest BCUT2D eigenvalue weighted by Crippen LogP contribution is 2.32. The van der Waals surface area contributed by atoms with Gasteiger partial charge in [-0.3, -0.25) is 0 Å². The van der Waals surface area contributed by atoms with Crippen LogP contribution < -0.4 is 10.6 Å². The van der Waals surface area contributed by atoms with Gasteiger partial charge in [0.1, 0.15) is 5.82 Å². The fourth-order valence-corrected chi connectivity index (χ4v) is 2.23. The summed E-state index contributed by atoms with van der Waals surface area (Å²) in [5, 5.41) is 7.08. The van der Waals surface area contributed by atoms with Crippen molar-refractivity contribution in [1.82, 2.24) is 5.32 Å². The Balaban J connectivity index is 2.19. The quantitative estimate of drug-likeness (QED) is 0.842. The van der Waals surface area contributed by atoms with Gasteiger partial charge in [-0.25, -0.2) is 4.39 Å². The van der Waals surface area contributed by atoms with E-state index in [9.17, 15) is 4.39 Å². The normalized spacial score (nSPS) is 20.6. The van der Waals surface area contributed by atoms with Gasteiger partial charge in [0.25, 0.3) is 0 Å². The zero-order valence-electron chi connectivity index (χ0n) is 7.99. The Morgan fingerprint density at radius 2 is 2.00 bits per heavy atom. The molecule has 0 amide bonds. The zero-order chi connectivity index (χ0) is 10.8. The van der Waals surface area contributed by atoms with Crippen LogP contribution in [0, 0.1) is 5.82 Å². The predicted octanol–water partition coefficient (Wildman–Crippen LogP) is 2.91. The SMILES string of the molecule is Fc1cc(Cl)c(NC2CCNC2)c(Cl)c1. The maximum Gasteiger partial charge on any atom is 0.126 e. The summed E-state index contributed by atoms with van der Waals surface area (Å²) in [6, 6.07) is 2.83. The summed E-state index contributed by atoms with van der Waals surface area (Å²) in [6.45, 7) is 1.86. The molecule has 1 heterocycles. The van der Waals surface area contributed by atoms with E-state index in [1.165, 1.54) is 12.1 Å². The van der Waals surface area contributed by atoms with Crippen LogP contribution in [0.3, 0.4) is 0 Å². The molecule has 15 heavy (non-hydrogen) atoms. The van der Waals surface area contributed by atoms with Crippen molar-refractivity contribution in [3.8, 4) is 0 Å². The van der Waals surface area contributed by atoms with E-state index in [4.69, 9.17) is 23.2 Å². The number of anilines is 1. The van der Waals surface area contributed by atoms with Gasteiger partial charge in [-0.1, -0.05) is 23.2 Å². The van der Waals surface area contributed by atoms with Gasteiger partial charge < -0.3 is 10.6 Å². The summed E-state index contributed by atoms with van der Waals surface area (Å²) >= 11 is 11.8. The Kier molecular flexibility index (Phi) is 3.34. The minimum Gasteiger partial charge on any atom is -0.379 e. The van der Waals surface area contributed by atoms with Crippen molar-refractivity contribution in [2.75, 3.05) is 18.4 Å². The highest BCUT2D eigenvalue weighted by atomic mass is 35.5. The number of hydrogen-bond donors (Lipinski definition) is 2. The third kappa shape index (κ3) is 2.54. The van der Waals surface area contributed by atoms with Gasteiger partial charge in [0.2, 0.25) is 0 Å². The molecular formula is C10H11Cl2FN2. The molecule has 2 N–H and O–H groups in total. The van der Waals surface area contributed by atoms with E-state index in [2.05, 4.69) is 10.6 Å². The lowest BCUT2D eigenvalue weighted by atomic mass is 10.2. The molecule has 1 unspecified atom stereocenters. The van der Waals surface area contributed by atoms with E-state index >= 15 is 0 Å². The van der Waals surface area contributed by atoms with Crippen molar-refractivity contribution in [2.24, 2.45) is 0 Å². The van der Waals surface area contributed by atoms with Gasteiger partial charge in [0, 0.05) is 12.6 Å². The first-order valence-corrected chi connectivity index (χ1v) is 5.54. The van der Waals surface area contributed by atoms with Crippen LogP contribution in [0.4, 0.5) is 10.1 Å². The summed E-state index contributed by atoms with van der Waals surface area (Å²) in [5.74, 6) is -0.417. The third-order valence-electron chi connectivity index (χ3n) is 2.42. The largest absolute Gasteiger partial charge is 0.379 e. The second kappa shape index (κ2) is 4.56. The van der Waals surface area contributed by atoms with Crippen LogP contribution in [0.25, 0.3) is 0 Å². The molecule has 1 aliphatic heterocycles. The summed E-state index contributed by atoms with van der Waals surface area (Å²) in [7, 11) is 0. The molecule has 2 rings (SSSR count). The maximum absolute atomic E-state index is 12.9. The molecule has 1 aromatic carbocycles. The first kappa shape index (κ1) is 11.0. The van der Waals surface area contributed by atoms with Gasteiger partial charge >= 0.3 is 0 Å². The van der Waals surface area contributed by atoms with Gasteiger partial charge in [-0.05, 0) is 25.1 Å². The third-order valence-corrected chi connectivity index (χ3v) is 3.01. The second-order valence-electron chi connectivity index (χ2n) is 3.58. The van der Waals surface area contributed by atoms with Crippen molar-refractivity contribution >= 4 is 28.9 Å². The topological polar surface area (TPSA) is 24.1 Å². The average Bonchev–Trinajstić information content (AvgIpc) is 2.63. The molecule has 1 atom stereocenters. The van der Waals surface area contributed by atoms with Gasteiger partial charge in [-0.2, -0.15) is 0 Å². The van der Waals surface area contributed by atoms with Crippen LogP contribution in [-0.4, -0.2) is 19.1 Å². The molecule has 0 aromatic heterocycles. The highest BCUT2D eigenvalue weighted by Gasteiger charge is 2.17. The van der Waals surface area contributed by atoms with E-state index in [-0.39, 0.29) is 0 Å². The highest BCUT2D eigenvalue weighted by molar-refractivity contribution is 6.39. The summed E-state index contributed by atoms with van der Waals surface area (Å²) in [5.41, 5.74) is 0.619. The zero-order valence-corrected chi connectivity index (χ0v) is 9.50. The molecule has 2 nitrogen and oxygen atoms in total. The lowest BCUT2D eigenvalue weighted by Gasteiger charge is -2.15. The molecule has 1 aromatic rings. The Morgan fingerprint density at radius 3 is 2.53 bits per heavy atom. The predicted molar refractivity (Wildman–Crippen MR) is 61.3 cm³/mol. The molecule has 1 aliphatic rings. The molecule has 82 valence electrons. The summed E-state index contributed by atoms with van der Waals surface area (Å²) in [6.07, 6.45) is 1.02. The molecule has 5 heteroatoms. The monoisotopic (exact) mass is 248 g/mol. The van der Waals surface area contributed by atoms with Gasteiger partial charge in [0.15, 0.2) is 0 Å². The van der Waals surface area contributed by atoms with Gasteiger partial charge in [0.05, 0.1) is 15.7 Å². The van der Waals surface area contributed by atoms with E-state index in [0.29, 0.717) is 21.8 Å². The van der Waals surface area contributed by atoms with Crippen molar-refractivity contribution in [1.29, 1.82) is 0 Å². The lowest BCUT2D eigenvalue weighted by Crippen LogP contribution is -2.22.